The van der Waals surface area contributed by atoms with Gasteiger partial charge in [0.15, 0.2) is 0 Å². The van der Waals surface area contributed by atoms with Gasteiger partial charge < -0.3 is 14.2 Å². The molecule has 0 radical (unpaired) electrons. The lowest BCUT2D eigenvalue weighted by molar-refractivity contribution is -0.165. The summed E-state index contributed by atoms with van der Waals surface area (Å²) in [7, 11) is 0. The molecular weight excluding hydrogens is 148 g/mol. The van der Waals surface area contributed by atoms with Crippen molar-refractivity contribution in [3.63, 3.8) is 0 Å². The lowest BCUT2D eigenvalue weighted by atomic mass is 10.3. The number of ether oxygens (including phenoxy) is 3. The van der Waals surface area contributed by atoms with Crippen LogP contribution in [0.2, 0.25) is 0 Å². The molecule has 0 spiro atoms. The molecule has 0 aliphatic carbocycles. The topological polar surface area (TPSA) is 44.8 Å². The molecule has 1 fully saturated rings. The van der Waals surface area contributed by atoms with Crippen LogP contribution in [-0.4, -0.2) is 38.5 Å². The SMILES string of the molecule is CCOC(=O)COC1COC1. The average Bonchev–Trinajstić information content (AvgIpc) is 1.85. The normalized spacial score (nSPS) is 17.5. The quantitative estimate of drug-likeness (QED) is 0.541. The third-order valence-electron chi connectivity index (χ3n) is 1.35. The molecule has 1 rings (SSSR count). The van der Waals surface area contributed by atoms with Gasteiger partial charge in [0, 0.05) is 0 Å². The molecule has 64 valence electrons. The Morgan fingerprint density at radius 3 is 2.82 bits per heavy atom. The number of esters is 1. The summed E-state index contributed by atoms with van der Waals surface area (Å²) in [5.41, 5.74) is 0. The van der Waals surface area contributed by atoms with Gasteiger partial charge in [0.1, 0.15) is 12.7 Å². The molecule has 0 unspecified atom stereocenters. The predicted octanol–water partition coefficient (Wildman–Crippen LogP) is -0.0351. The molecular formula is C7H12O4. The van der Waals surface area contributed by atoms with E-state index in [0.717, 1.165) is 0 Å². The summed E-state index contributed by atoms with van der Waals surface area (Å²) >= 11 is 0. The largest absolute Gasteiger partial charge is 0.464 e. The molecule has 1 aliphatic heterocycles. The van der Waals surface area contributed by atoms with E-state index in [1.165, 1.54) is 0 Å². The van der Waals surface area contributed by atoms with E-state index in [1.54, 1.807) is 6.92 Å². The Bertz CT molecular complexity index is 130. The first-order valence-electron chi connectivity index (χ1n) is 3.68. The molecule has 0 amide bonds. The molecule has 0 N–H and O–H groups in total. The fourth-order valence-electron chi connectivity index (χ4n) is 0.699. The second-order valence-electron chi connectivity index (χ2n) is 2.28. The Labute approximate surface area is 65.4 Å². The molecule has 0 bridgehead atoms. The summed E-state index contributed by atoms with van der Waals surface area (Å²) in [6.45, 7) is 3.41. The minimum absolute atomic E-state index is 0.0435. The van der Waals surface area contributed by atoms with Crippen molar-refractivity contribution in [3.05, 3.63) is 0 Å². The summed E-state index contributed by atoms with van der Waals surface area (Å²) in [5, 5.41) is 0. The lowest BCUT2D eigenvalue weighted by Gasteiger charge is -2.25. The summed E-state index contributed by atoms with van der Waals surface area (Å²) in [5.74, 6) is -0.306. The first kappa shape index (κ1) is 8.49. The van der Waals surface area contributed by atoms with Crippen molar-refractivity contribution in [2.75, 3.05) is 26.4 Å². The number of carbonyl (C=O) groups is 1. The number of carbonyl (C=O) groups excluding carboxylic acids is 1. The molecule has 0 aromatic rings. The smallest absolute Gasteiger partial charge is 0.332 e. The van der Waals surface area contributed by atoms with Crippen LogP contribution in [0.3, 0.4) is 0 Å². The summed E-state index contributed by atoms with van der Waals surface area (Å²) in [6, 6.07) is 0. The minimum Gasteiger partial charge on any atom is -0.464 e. The van der Waals surface area contributed by atoms with Crippen LogP contribution >= 0.6 is 0 Å². The third-order valence-corrected chi connectivity index (χ3v) is 1.35. The van der Waals surface area contributed by atoms with Gasteiger partial charge in [-0.2, -0.15) is 0 Å². The zero-order chi connectivity index (χ0) is 8.10. The number of rotatable bonds is 4. The van der Waals surface area contributed by atoms with Crippen LogP contribution in [0.15, 0.2) is 0 Å². The standard InChI is InChI=1S/C7H12O4/c1-2-10-7(8)5-11-6-3-9-4-6/h6H,2-5H2,1H3. The highest BCUT2D eigenvalue weighted by Crippen LogP contribution is 2.04. The van der Waals surface area contributed by atoms with E-state index in [4.69, 9.17) is 9.47 Å². The third kappa shape index (κ3) is 2.86. The fraction of sp³-hybridized carbons (Fsp3) is 0.857. The highest BCUT2D eigenvalue weighted by atomic mass is 16.6. The van der Waals surface area contributed by atoms with Crippen molar-refractivity contribution >= 4 is 5.97 Å². The molecule has 0 aromatic heterocycles. The monoisotopic (exact) mass is 160 g/mol. The highest BCUT2D eigenvalue weighted by molar-refractivity contribution is 5.70. The summed E-state index contributed by atoms with van der Waals surface area (Å²) in [6.07, 6.45) is 0.0967. The van der Waals surface area contributed by atoms with E-state index in [-0.39, 0.29) is 18.7 Å². The fourth-order valence-corrected chi connectivity index (χ4v) is 0.699. The van der Waals surface area contributed by atoms with Gasteiger partial charge in [-0.3, -0.25) is 0 Å². The van der Waals surface area contributed by atoms with Crippen LogP contribution in [0.4, 0.5) is 0 Å². The molecule has 4 nitrogen and oxygen atoms in total. The Hall–Kier alpha value is -0.610. The highest BCUT2D eigenvalue weighted by Gasteiger charge is 2.19. The van der Waals surface area contributed by atoms with Crippen LogP contribution < -0.4 is 0 Å². The van der Waals surface area contributed by atoms with Gasteiger partial charge in [0.25, 0.3) is 0 Å². The molecule has 11 heavy (non-hydrogen) atoms. The van der Waals surface area contributed by atoms with Crippen molar-refractivity contribution in [2.24, 2.45) is 0 Å². The van der Waals surface area contributed by atoms with Gasteiger partial charge in [-0.05, 0) is 6.92 Å². The van der Waals surface area contributed by atoms with E-state index < -0.39 is 0 Å². The Kier molecular flexibility index (Phi) is 3.32. The van der Waals surface area contributed by atoms with E-state index in [0.29, 0.717) is 19.8 Å². The van der Waals surface area contributed by atoms with Gasteiger partial charge in [-0.1, -0.05) is 0 Å². The maximum atomic E-state index is 10.7. The van der Waals surface area contributed by atoms with E-state index in [1.807, 2.05) is 0 Å². The molecule has 1 aliphatic rings. The minimum atomic E-state index is -0.306. The van der Waals surface area contributed by atoms with Gasteiger partial charge in [0.05, 0.1) is 19.8 Å². The van der Waals surface area contributed by atoms with Crippen molar-refractivity contribution in [3.8, 4) is 0 Å². The number of hydrogen-bond donors (Lipinski definition) is 0. The van der Waals surface area contributed by atoms with Crippen LogP contribution in [0, 0.1) is 0 Å². The van der Waals surface area contributed by atoms with Gasteiger partial charge >= 0.3 is 5.97 Å². The molecule has 4 heteroatoms. The van der Waals surface area contributed by atoms with Crippen LogP contribution in [0.5, 0.6) is 0 Å². The van der Waals surface area contributed by atoms with Gasteiger partial charge in [0.2, 0.25) is 0 Å². The molecule has 0 atom stereocenters. The van der Waals surface area contributed by atoms with Crippen LogP contribution in [0.25, 0.3) is 0 Å². The molecule has 1 heterocycles. The molecule has 0 saturated carbocycles. The Balaban J connectivity index is 1.96. The maximum absolute atomic E-state index is 10.7. The number of hydrogen-bond acceptors (Lipinski definition) is 4. The zero-order valence-electron chi connectivity index (χ0n) is 6.54. The van der Waals surface area contributed by atoms with E-state index in [2.05, 4.69) is 4.74 Å². The molecule has 1 saturated heterocycles. The van der Waals surface area contributed by atoms with Gasteiger partial charge in [-0.15, -0.1) is 0 Å². The lowest BCUT2D eigenvalue weighted by Crippen LogP contribution is -2.37. The first-order chi connectivity index (χ1) is 5.33. The second-order valence-corrected chi connectivity index (χ2v) is 2.28. The zero-order valence-corrected chi connectivity index (χ0v) is 6.54. The first-order valence-corrected chi connectivity index (χ1v) is 3.68. The van der Waals surface area contributed by atoms with E-state index >= 15 is 0 Å². The Morgan fingerprint density at radius 1 is 1.64 bits per heavy atom. The molecule has 0 aromatic carbocycles. The van der Waals surface area contributed by atoms with Gasteiger partial charge in [-0.25, -0.2) is 4.79 Å². The van der Waals surface area contributed by atoms with Crippen molar-refractivity contribution < 1.29 is 19.0 Å². The van der Waals surface area contributed by atoms with Crippen LogP contribution in [-0.2, 0) is 19.0 Å². The van der Waals surface area contributed by atoms with Crippen LogP contribution in [0.1, 0.15) is 6.92 Å². The summed E-state index contributed by atoms with van der Waals surface area (Å²) < 4.78 is 14.6. The average molecular weight is 160 g/mol. The maximum Gasteiger partial charge on any atom is 0.332 e. The van der Waals surface area contributed by atoms with E-state index in [9.17, 15) is 4.79 Å². The van der Waals surface area contributed by atoms with Crippen molar-refractivity contribution in [1.29, 1.82) is 0 Å². The van der Waals surface area contributed by atoms with Crippen molar-refractivity contribution in [2.45, 2.75) is 13.0 Å². The summed E-state index contributed by atoms with van der Waals surface area (Å²) in [4.78, 5) is 10.7. The van der Waals surface area contributed by atoms with Crippen molar-refractivity contribution in [1.82, 2.24) is 0 Å². The Morgan fingerprint density at radius 2 is 2.36 bits per heavy atom. The second kappa shape index (κ2) is 4.31. The predicted molar refractivity (Wildman–Crippen MR) is 37.2 cm³/mol.